The van der Waals surface area contributed by atoms with E-state index in [2.05, 4.69) is 27.8 Å². The molecule has 7 nitrogen and oxygen atoms in total. The molecule has 1 rings (SSSR count). The maximum atomic E-state index is 11.8. The van der Waals surface area contributed by atoms with Gasteiger partial charge in [0.2, 0.25) is 17.6 Å². The van der Waals surface area contributed by atoms with Crippen molar-refractivity contribution in [2.45, 2.75) is 20.0 Å². The first-order valence-corrected chi connectivity index (χ1v) is 6.80. The van der Waals surface area contributed by atoms with Crippen LogP contribution >= 0.6 is 0 Å². The molecular formula is C16H17N3O4. The highest BCUT2D eigenvalue weighted by molar-refractivity contribution is 6.42. The Balaban J connectivity index is 2.54. The highest BCUT2D eigenvalue weighted by Crippen LogP contribution is 1.99. The minimum absolute atomic E-state index is 0.0902. The van der Waals surface area contributed by atoms with Crippen LogP contribution in [0.4, 0.5) is 0 Å². The van der Waals surface area contributed by atoms with E-state index in [4.69, 9.17) is 0 Å². The molecule has 0 aromatic heterocycles. The predicted molar refractivity (Wildman–Crippen MR) is 83.0 cm³/mol. The van der Waals surface area contributed by atoms with E-state index < -0.39 is 17.9 Å². The molecule has 0 bridgehead atoms. The summed E-state index contributed by atoms with van der Waals surface area (Å²) >= 11 is 0. The van der Waals surface area contributed by atoms with Crippen LogP contribution in [0.25, 0.3) is 0 Å². The summed E-state index contributed by atoms with van der Waals surface area (Å²) in [6.45, 7) is 2.49. The van der Waals surface area contributed by atoms with Crippen molar-refractivity contribution in [1.29, 1.82) is 0 Å². The Labute approximate surface area is 133 Å². The first-order chi connectivity index (χ1) is 10.9. The molecule has 0 unspecified atom stereocenters. The van der Waals surface area contributed by atoms with E-state index in [0.29, 0.717) is 0 Å². The van der Waals surface area contributed by atoms with Crippen LogP contribution < -0.4 is 16.0 Å². The van der Waals surface area contributed by atoms with Gasteiger partial charge in [-0.1, -0.05) is 42.2 Å². The van der Waals surface area contributed by atoms with Crippen LogP contribution in [0, 0.1) is 11.8 Å². The number of benzene rings is 1. The molecule has 0 saturated heterocycles. The third-order valence-electron chi connectivity index (χ3n) is 2.52. The van der Waals surface area contributed by atoms with Gasteiger partial charge in [0.15, 0.2) is 6.17 Å². The quantitative estimate of drug-likeness (QED) is 0.297. The molecule has 0 aliphatic heterocycles. The van der Waals surface area contributed by atoms with Gasteiger partial charge in [-0.25, -0.2) is 0 Å². The van der Waals surface area contributed by atoms with Crippen LogP contribution in [0.5, 0.6) is 0 Å². The van der Waals surface area contributed by atoms with E-state index in [1.165, 1.54) is 26.0 Å². The molecule has 7 heteroatoms. The van der Waals surface area contributed by atoms with E-state index >= 15 is 0 Å². The second kappa shape index (κ2) is 9.00. The summed E-state index contributed by atoms with van der Waals surface area (Å²) in [7, 11) is 0. The van der Waals surface area contributed by atoms with Gasteiger partial charge < -0.3 is 16.0 Å². The predicted octanol–water partition coefficient (Wildman–Crippen LogP) is -0.413. The highest BCUT2D eigenvalue weighted by Gasteiger charge is 2.14. The Morgan fingerprint density at radius 2 is 1.57 bits per heavy atom. The lowest BCUT2D eigenvalue weighted by Crippen LogP contribution is -2.45. The molecule has 0 saturated carbocycles. The summed E-state index contributed by atoms with van der Waals surface area (Å²) in [4.78, 5) is 45.4. The first-order valence-electron chi connectivity index (χ1n) is 6.80. The molecule has 0 heterocycles. The monoisotopic (exact) mass is 315 g/mol. The van der Waals surface area contributed by atoms with Crippen LogP contribution in [-0.4, -0.2) is 36.2 Å². The average Bonchev–Trinajstić information content (AvgIpc) is 2.50. The topological polar surface area (TPSA) is 104 Å². The van der Waals surface area contributed by atoms with Gasteiger partial charge >= 0.3 is 0 Å². The maximum absolute atomic E-state index is 11.8. The van der Waals surface area contributed by atoms with Gasteiger partial charge in [0, 0.05) is 19.4 Å². The Kier molecular flexibility index (Phi) is 7.01. The average molecular weight is 315 g/mol. The van der Waals surface area contributed by atoms with Crippen molar-refractivity contribution < 1.29 is 19.2 Å². The fourth-order valence-corrected chi connectivity index (χ4v) is 1.59. The molecule has 0 aliphatic rings. The molecule has 0 spiro atoms. The molecule has 3 amide bonds. The zero-order valence-corrected chi connectivity index (χ0v) is 12.8. The van der Waals surface area contributed by atoms with E-state index in [-0.39, 0.29) is 23.9 Å². The van der Waals surface area contributed by atoms with Gasteiger partial charge in [0.1, 0.15) is 0 Å². The van der Waals surface area contributed by atoms with Gasteiger partial charge in [-0.15, -0.1) is 0 Å². The lowest BCUT2D eigenvalue weighted by atomic mass is 10.1. The number of carbonyl (C=O) groups excluding carboxylic acids is 4. The largest absolute Gasteiger partial charge is 0.338 e. The Morgan fingerprint density at radius 1 is 1.00 bits per heavy atom. The van der Waals surface area contributed by atoms with E-state index in [1.54, 1.807) is 18.2 Å². The first kappa shape index (κ1) is 17.9. The molecule has 0 fully saturated rings. The van der Waals surface area contributed by atoms with Gasteiger partial charge in [0.05, 0.1) is 6.54 Å². The number of Topliss-reactive ketones (excluding diaryl/α,β-unsaturated/α-hetero) is 1. The van der Waals surface area contributed by atoms with Gasteiger partial charge in [-0.05, 0) is 0 Å². The van der Waals surface area contributed by atoms with Crippen molar-refractivity contribution in [3.05, 3.63) is 35.9 Å². The van der Waals surface area contributed by atoms with Gasteiger partial charge in [0.25, 0.3) is 5.91 Å². The number of hydrogen-bond acceptors (Lipinski definition) is 4. The van der Waals surface area contributed by atoms with Crippen LogP contribution in [0.2, 0.25) is 0 Å². The second-order valence-electron chi connectivity index (χ2n) is 4.53. The summed E-state index contributed by atoms with van der Waals surface area (Å²) in [5, 5.41) is 7.20. The fraction of sp³-hybridized carbons (Fsp3) is 0.250. The Morgan fingerprint density at radius 3 is 2.09 bits per heavy atom. The van der Waals surface area contributed by atoms with Gasteiger partial charge in [-0.2, -0.15) is 0 Å². The minimum atomic E-state index is -0.855. The maximum Gasteiger partial charge on any atom is 0.293 e. The number of rotatable bonds is 5. The molecule has 0 atom stereocenters. The zero-order chi connectivity index (χ0) is 17.2. The Hall–Kier alpha value is -3.14. The lowest BCUT2D eigenvalue weighted by molar-refractivity contribution is -0.121. The summed E-state index contributed by atoms with van der Waals surface area (Å²) < 4.78 is 0. The van der Waals surface area contributed by atoms with E-state index in [1.807, 2.05) is 0 Å². The molecular weight excluding hydrogens is 298 g/mol. The molecule has 1 aromatic rings. The van der Waals surface area contributed by atoms with Crippen molar-refractivity contribution in [1.82, 2.24) is 16.0 Å². The van der Waals surface area contributed by atoms with Crippen molar-refractivity contribution in [2.75, 3.05) is 6.54 Å². The fourth-order valence-electron chi connectivity index (χ4n) is 1.59. The highest BCUT2D eigenvalue weighted by atomic mass is 16.2. The number of ketones is 1. The minimum Gasteiger partial charge on any atom is -0.338 e. The van der Waals surface area contributed by atoms with Crippen LogP contribution in [-0.2, 0) is 14.4 Å². The SMILES string of the molecule is CC(=O)NC(C#CCNC(=O)C(=O)c1ccccc1)NC(C)=O. The summed E-state index contributed by atoms with van der Waals surface area (Å²) in [5.74, 6) is 2.99. The third-order valence-corrected chi connectivity index (χ3v) is 2.52. The number of hydrogen-bond donors (Lipinski definition) is 3. The van der Waals surface area contributed by atoms with Crippen LogP contribution in [0.3, 0.4) is 0 Å². The molecule has 120 valence electrons. The van der Waals surface area contributed by atoms with Crippen molar-refractivity contribution >= 4 is 23.5 Å². The normalized spacial score (nSPS) is 9.35. The van der Waals surface area contributed by atoms with Gasteiger partial charge in [-0.3, -0.25) is 19.2 Å². The Bertz CT molecular complexity index is 643. The standard InChI is InChI=1S/C16H17N3O4/c1-11(20)18-14(19-12(2)21)9-6-10-17-16(23)15(22)13-7-4-3-5-8-13/h3-5,7-8,14H,10H2,1-2H3,(H,17,23)(H,18,20)(H,19,21). The summed E-state index contributed by atoms with van der Waals surface area (Å²) in [5.41, 5.74) is 0.285. The van der Waals surface area contributed by atoms with E-state index in [0.717, 1.165) is 0 Å². The number of amides is 3. The number of carbonyl (C=O) groups is 4. The second-order valence-corrected chi connectivity index (χ2v) is 4.53. The van der Waals surface area contributed by atoms with Crippen molar-refractivity contribution in [2.24, 2.45) is 0 Å². The third kappa shape index (κ3) is 6.91. The van der Waals surface area contributed by atoms with Crippen LogP contribution in [0.15, 0.2) is 30.3 Å². The van der Waals surface area contributed by atoms with Crippen LogP contribution in [0.1, 0.15) is 24.2 Å². The molecule has 0 aliphatic carbocycles. The molecule has 0 radical (unpaired) electrons. The number of nitrogens with one attached hydrogen (secondary N) is 3. The summed E-state index contributed by atoms with van der Waals surface area (Å²) in [6.07, 6.45) is -0.855. The van der Waals surface area contributed by atoms with E-state index in [9.17, 15) is 19.2 Å². The van der Waals surface area contributed by atoms with Crippen molar-refractivity contribution in [3.8, 4) is 11.8 Å². The molecule has 3 N–H and O–H groups in total. The smallest absolute Gasteiger partial charge is 0.293 e. The van der Waals surface area contributed by atoms with Crippen molar-refractivity contribution in [3.63, 3.8) is 0 Å². The summed E-state index contributed by atoms with van der Waals surface area (Å²) in [6, 6.07) is 8.14. The molecule has 23 heavy (non-hydrogen) atoms. The lowest BCUT2D eigenvalue weighted by Gasteiger charge is -2.11. The molecule has 1 aromatic carbocycles. The zero-order valence-electron chi connectivity index (χ0n) is 12.8.